The van der Waals surface area contributed by atoms with Crippen molar-refractivity contribution in [3.05, 3.63) is 21.7 Å². The molecular formula is C10H11ClF3N3OS2. The van der Waals surface area contributed by atoms with E-state index >= 15 is 0 Å². The molecule has 1 rings (SSSR count). The molecule has 0 spiro atoms. The fraction of sp³-hybridized carbons (Fsp3) is 0.400. The minimum atomic E-state index is -4.58. The third-order valence-electron chi connectivity index (χ3n) is 1.97. The van der Waals surface area contributed by atoms with E-state index in [9.17, 15) is 18.0 Å². The zero-order valence-corrected chi connectivity index (χ0v) is 12.6. The number of nitrogens with zero attached hydrogens (tertiary/aromatic N) is 1. The summed E-state index contributed by atoms with van der Waals surface area (Å²) >= 11 is 8.02. The Morgan fingerprint density at radius 2 is 2.30 bits per heavy atom. The van der Waals surface area contributed by atoms with Gasteiger partial charge in [-0.1, -0.05) is 18.7 Å². The molecule has 0 fully saturated rings. The van der Waals surface area contributed by atoms with Crippen LogP contribution in [0.25, 0.3) is 0 Å². The molecule has 0 aliphatic carbocycles. The van der Waals surface area contributed by atoms with Crippen LogP contribution in [0.4, 0.5) is 13.2 Å². The van der Waals surface area contributed by atoms with Crippen molar-refractivity contribution < 1.29 is 18.0 Å². The fourth-order valence-electron chi connectivity index (χ4n) is 1.11. The van der Waals surface area contributed by atoms with Gasteiger partial charge < -0.3 is 11.1 Å². The molecule has 20 heavy (non-hydrogen) atoms. The first-order valence-electron chi connectivity index (χ1n) is 5.32. The van der Waals surface area contributed by atoms with Crippen molar-refractivity contribution in [3.8, 4) is 0 Å². The van der Waals surface area contributed by atoms with Crippen molar-refractivity contribution in [1.82, 2.24) is 5.32 Å². The standard InChI is InChI=1S/C10H11ClF3N3OS2/c1-2-19-8-6(7(11)18)17-9(20-8)16-4-3-5(15)10(12,13)14/h3-4,9,17H,2,15H2,1H3. The molecule has 0 aromatic heterocycles. The van der Waals surface area contributed by atoms with Crippen LogP contribution < -0.4 is 11.1 Å². The molecule has 1 aliphatic rings. The van der Waals surface area contributed by atoms with Crippen molar-refractivity contribution in [3.63, 3.8) is 0 Å². The van der Waals surface area contributed by atoms with Crippen molar-refractivity contribution in [1.29, 1.82) is 0 Å². The van der Waals surface area contributed by atoms with E-state index in [-0.39, 0.29) is 5.70 Å². The van der Waals surface area contributed by atoms with Crippen LogP contribution in [-0.2, 0) is 4.79 Å². The van der Waals surface area contributed by atoms with E-state index in [0.29, 0.717) is 10.3 Å². The summed E-state index contributed by atoms with van der Waals surface area (Å²) in [6, 6.07) is 0. The molecule has 0 aromatic carbocycles. The lowest BCUT2D eigenvalue weighted by Crippen LogP contribution is -2.21. The summed E-state index contributed by atoms with van der Waals surface area (Å²) in [6.45, 7) is 1.90. The van der Waals surface area contributed by atoms with Gasteiger partial charge >= 0.3 is 6.18 Å². The minimum absolute atomic E-state index is 0.221. The molecule has 0 saturated heterocycles. The third kappa shape index (κ3) is 4.95. The average molecular weight is 346 g/mol. The number of hydrogen-bond acceptors (Lipinski definition) is 6. The second-order valence-electron chi connectivity index (χ2n) is 3.40. The average Bonchev–Trinajstić information content (AvgIpc) is 2.71. The van der Waals surface area contributed by atoms with Gasteiger partial charge in [0.1, 0.15) is 11.4 Å². The summed E-state index contributed by atoms with van der Waals surface area (Å²) in [5.41, 5.74) is 3.19. The largest absolute Gasteiger partial charge is 0.430 e. The van der Waals surface area contributed by atoms with Crippen molar-refractivity contribution in [2.75, 3.05) is 5.75 Å². The van der Waals surface area contributed by atoms with Gasteiger partial charge in [0, 0.05) is 6.21 Å². The number of nitrogens with one attached hydrogen (secondary N) is 1. The fourth-order valence-corrected chi connectivity index (χ4v) is 3.61. The molecule has 0 amide bonds. The highest BCUT2D eigenvalue weighted by atomic mass is 35.5. The van der Waals surface area contributed by atoms with Gasteiger partial charge in [-0.25, -0.2) is 0 Å². The van der Waals surface area contributed by atoms with Gasteiger partial charge in [0.05, 0.1) is 4.24 Å². The first-order valence-corrected chi connectivity index (χ1v) is 7.56. The zero-order chi connectivity index (χ0) is 15.3. The lowest BCUT2D eigenvalue weighted by molar-refractivity contribution is -0.108. The number of nitrogens with two attached hydrogens (primary N) is 1. The normalized spacial score (nSPS) is 20.6. The molecule has 0 radical (unpaired) electrons. The van der Waals surface area contributed by atoms with Gasteiger partial charge in [0.15, 0.2) is 5.50 Å². The Labute approximate surface area is 127 Å². The predicted octanol–water partition coefficient (Wildman–Crippen LogP) is 2.77. The third-order valence-corrected chi connectivity index (χ3v) is 4.43. The molecule has 0 aromatic rings. The smallest absolute Gasteiger partial charge is 0.395 e. The molecule has 1 aliphatic heterocycles. The van der Waals surface area contributed by atoms with E-state index in [2.05, 4.69) is 10.3 Å². The number of rotatable bonds is 5. The number of alkyl halides is 3. The molecule has 1 unspecified atom stereocenters. The summed E-state index contributed by atoms with van der Waals surface area (Å²) in [4.78, 5) is 15.0. The second kappa shape index (κ2) is 7.28. The van der Waals surface area contributed by atoms with E-state index < -0.39 is 22.6 Å². The van der Waals surface area contributed by atoms with E-state index in [1.54, 1.807) is 0 Å². The highest BCUT2D eigenvalue weighted by molar-refractivity contribution is 8.22. The van der Waals surface area contributed by atoms with Crippen LogP contribution in [0.15, 0.2) is 26.7 Å². The Morgan fingerprint density at radius 1 is 1.65 bits per heavy atom. The van der Waals surface area contributed by atoms with Gasteiger partial charge in [-0.2, -0.15) is 13.2 Å². The van der Waals surface area contributed by atoms with Crippen molar-refractivity contribution in [2.24, 2.45) is 10.7 Å². The van der Waals surface area contributed by atoms with Gasteiger partial charge in [-0.3, -0.25) is 9.79 Å². The topological polar surface area (TPSA) is 67.5 Å². The van der Waals surface area contributed by atoms with Crippen molar-refractivity contribution in [2.45, 2.75) is 18.6 Å². The first kappa shape index (κ1) is 17.3. The van der Waals surface area contributed by atoms with E-state index in [4.69, 9.17) is 17.3 Å². The molecule has 0 saturated carbocycles. The lowest BCUT2D eigenvalue weighted by Gasteiger charge is -2.06. The van der Waals surface area contributed by atoms with Crippen LogP contribution in [-0.4, -0.2) is 28.9 Å². The number of aliphatic imine (C=N–C) groups is 1. The number of carbonyl (C=O) groups excluding carboxylic acids is 1. The van der Waals surface area contributed by atoms with Crippen LogP contribution in [0.5, 0.6) is 0 Å². The summed E-state index contributed by atoms with van der Waals surface area (Å²) in [6.07, 6.45) is -2.97. The first-order chi connectivity index (χ1) is 9.25. The number of carbonyl (C=O) groups is 1. The maximum atomic E-state index is 12.1. The summed E-state index contributed by atoms with van der Waals surface area (Å²) in [5.74, 6) is 0.731. The highest BCUT2D eigenvalue weighted by Gasteiger charge is 2.31. The monoisotopic (exact) mass is 345 g/mol. The van der Waals surface area contributed by atoms with Crippen LogP contribution in [0, 0.1) is 0 Å². The summed E-state index contributed by atoms with van der Waals surface area (Å²) in [7, 11) is 0. The predicted molar refractivity (Wildman–Crippen MR) is 77.4 cm³/mol. The van der Waals surface area contributed by atoms with Crippen LogP contribution >= 0.6 is 35.1 Å². The molecule has 10 heteroatoms. The summed E-state index contributed by atoms with van der Waals surface area (Å²) < 4.78 is 37.1. The number of thioether (sulfide) groups is 2. The molecule has 1 atom stereocenters. The maximum Gasteiger partial charge on any atom is 0.430 e. The second-order valence-corrected chi connectivity index (χ2v) is 6.37. The van der Waals surface area contributed by atoms with E-state index in [0.717, 1.165) is 12.0 Å². The Kier molecular flexibility index (Phi) is 6.28. The zero-order valence-electron chi connectivity index (χ0n) is 10.2. The Hall–Kier alpha value is -0.800. The van der Waals surface area contributed by atoms with E-state index in [1.807, 2.05) is 6.92 Å². The van der Waals surface area contributed by atoms with Crippen LogP contribution in [0.2, 0.25) is 0 Å². The number of allylic oxidation sites excluding steroid dienone is 3. The Balaban J connectivity index is 2.68. The van der Waals surface area contributed by atoms with Gasteiger partial charge in [-0.05, 0) is 23.4 Å². The number of hydrogen-bond donors (Lipinski definition) is 2. The highest BCUT2D eigenvalue weighted by Crippen LogP contribution is 2.39. The van der Waals surface area contributed by atoms with Gasteiger partial charge in [0.2, 0.25) is 0 Å². The van der Waals surface area contributed by atoms with Gasteiger partial charge in [0.25, 0.3) is 5.24 Å². The maximum absolute atomic E-state index is 12.1. The quantitative estimate of drug-likeness (QED) is 0.592. The summed E-state index contributed by atoms with van der Waals surface area (Å²) in [5, 5.41) is 2.07. The molecule has 1 heterocycles. The molecular weight excluding hydrogens is 335 g/mol. The molecule has 0 bridgehead atoms. The molecule has 112 valence electrons. The van der Waals surface area contributed by atoms with Crippen LogP contribution in [0.1, 0.15) is 6.92 Å². The van der Waals surface area contributed by atoms with Gasteiger partial charge in [-0.15, -0.1) is 11.8 Å². The Morgan fingerprint density at radius 3 is 2.80 bits per heavy atom. The van der Waals surface area contributed by atoms with E-state index in [1.165, 1.54) is 23.5 Å². The molecule has 3 N–H and O–H groups in total. The Bertz CT molecular complexity index is 477. The van der Waals surface area contributed by atoms with Crippen LogP contribution in [0.3, 0.4) is 0 Å². The molecule has 4 nitrogen and oxygen atoms in total. The SMILES string of the molecule is CCSC1=C(C(=O)Cl)NC(N=CC=C(N)C(F)(F)F)S1. The minimum Gasteiger partial charge on any atom is -0.395 e. The number of halogens is 4. The lowest BCUT2D eigenvalue weighted by atomic mass is 10.4. The van der Waals surface area contributed by atoms with Crippen molar-refractivity contribution >= 4 is 46.6 Å².